The Morgan fingerprint density at radius 2 is 1.30 bits per heavy atom. The summed E-state index contributed by atoms with van der Waals surface area (Å²) in [7, 11) is 1.76. The summed E-state index contributed by atoms with van der Waals surface area (Å²) in [5.74, 6) is 6.98. The normalized spacial score (nSPS) is 34.3. The Kier molecular flexibility index (Phi) is 8.19. The Labute approximate surface area is 186 Å². The van der Waals surface area contributed by atoms with E-state index in [1.165, 1.54) is 89.9 Å². The fraction of sp³-hybridized carbons (Fsp3) is 0.793. The van der Waals surface area contributed by atoms with Crippen LogP contribution in [0.25, 0.3) is 0 Å². The summed E-state index contributed by atoms with van der Waals surface area (Å²) < 4.78 is 5.34. The summed E-state index contributed by atoms with van der Waals surface area (Å²) in [6, 6.07) is 8.92. The minimum absolute atomic E-state index is 0.789. The largest absolute Gasteiger partial charge is 0.497 e. The Balaban J connectivity index is 1.17. The van der Waals surface area contributed by atoms with Gasteiger partial charge in [-0.15, -0.1) is 0 Å². The molecule has 0 heterocycles. The van der Waals surface area contributed by atoms with Crippen LogP contribution in [0.1, 0.15) is 115 Å². The van der Waals surface area contributed by atoms with E-state index in [-0.39, 0.29) is 0 Å². The van der Waals surface area contributed by atoms with Crippen molar-refractivity contribution in [2.24, 2.45) is 29.6 Å². The van der Waals surface area contributed by atoms with E-state index in [1.807, 2.05) is 0 Å². The zero-order valence-corrected chi connectivity index (χ0v) is 19.8. The molecule has 168 valence electrons. The van der Waals surface area contributed by atoms with Crippen LogP contribution in [0.4, 0.5) is 0 Å². The molecule has 3 fully saturated rings. The number of benzene rings is 1. The first-order valence-corrected chi connectivity index (χ1v) is 13.4. The van der Waals surface area contributed by atoms with Crippen molar-refractivity contribution in [3.8, 4) is 5.75 Å². The maximum Gasteiger partial charge on any atom is 0.118 e. The summed E-state index contributed by atoms with van der Waals surface area (Å²) in [5.41, 5.74) is 1.55. The summed E-state index contributed by atoms with van der Waals surface area (Å²) >= 11 is 0. The first-order chi connectivity index (χ1) is 14.7. The molecule has 3 aliphatic carbocycles. The molecule has 1 heteroatoms. The minimum Gasteiger partial charge on any atom is -0.497 e. The van der Waals surface area contributed by atoms with Crippen LogP contribution in [0, 0.1) is 29.6 Å². The van der Waals surface area contributed by atoms with Crippen molar-refractivity contribution >= 4 is 0 Å². The molecule has 0 spiro atoms. The number of ether oxygens (including phenoxy) is 1. The Hall–Kier alpha value is -0.980. The maximum absolute atomic E-state index is 5.34. The van der Waals surface area contributed by atoms with Gasteiger partial charge in [-0.3, -0.25) is 0 Å². The SMILES string of the molecule is CCCCC1CCC(CCC2CCC3CC(c4ccc(OC)cc4)CCC3C2)CC1. The van der Waals surface area contributed by atoms with E-state index in [9.17, 15) is 0 Å². The van der Waals surface area contributed by atoms with Crippen molar-refractivity contribution in [1.29, 1.82) is 0 Å². The second kappa shape index (κ2) is 11.1. The number of unbranched alkanes of at least 4 members (excludes halogenated alkanes) is 1. The smallest absolute Gasteiger partial charge is 0.118 e. The monoisotopic (exact) mass is 410 g/mol. The van der Waals surface area contributed by atoms with Crippen molar-refractivity contribution in [3.05, 3.63) is 29.8 Å². The molecular formula is C29H46O. The molecule has 1 aromatic carbocycles. The summed E-state index contributed by atoms with van der Waals surface area (Å²) in [6.45, 7) is 2.34. The highest BCUT2D eigenvalue weighted by atomic mass is 16.5. The van der Waals surface area contributed by atoms with Crippen molar-refractivity contribution in [1.82, 2.24) is 0 Å². The lowest BCUT2D eigenvalue weighted by Gasteiger charge is -2.43. The summed E-state index contributed by atoms with van der Waals surface area (Å²) in [6.07, 6.45) is 22.4. The summed E-state index contributed by atoms with van der Waals surface area (Å²) in [5, 5.41) is 0. The van der Waals surface area contributed by atoms with Gasteiger partial charge < -0.3 is 4.74 Å². The van der Waals surface area contributed by atoms with Crippen LogP contribution in [0.2, 0.25) is 0 Å². The molecule has 1 aromatic rings. The zero-order chi connectivity index (χ0) is 20.8. The van der Waals surface area contributed by atoms with Gasteiger partial charge in [0.1, 0.15) is 5.75 Å². The number of hydrogen-bond donors (Lipinski definition) is 0. The standard InChI is InChI=1S/C29H46O/c1-3-4-5-22-6-8-23(9-7-22)10-11-24-12-13-28-21-27(15-14-26(28)20-24)25-16-18-29(30-2)19-17-25/h16-19,22-24,26-28H,3-15,20-21H2,1-2H3. The van der Waals surface area contributed by atoms with Crippen LogP contribution in [-0.2, 0) is 0 Å². The third kappa shape index (κ3) is 5.83. The van der Waals surface area contributed by atoms with Gasteiger partial charge in [0.2, 0.25) is 0 Å². The van der Waals surface area contributed by atoms with Gasteiger partial charge in [0.05, 0.1) is 7.11 Å². The first kappa shape index (κ1) is 22.2. The van der Waals surface area contributed by atoms with Crippen LogP contribution < -0.4 is 4.74 Å². The van der Waals surface area contributed by atoms with E-state index in [4.69, 9.17) is 4.74 Å². The van der Waals surface area contributed by atoms with Crippen LogP contribution in [-0.4, -0.2) is 7.11 Å². The third-order valence-electron chi connectivity index (χ3n) is 9.22. The average molecular weight is 411 g/mol. The van der Waals surface area contributed by atoms with Crippen molar-refractivity contribution in [2.75, 3.05) is 7.11 Å². The number of rotatable bonds is 8. The van der Waals surface area contributed by atoms with Gasteiger partial charge in [-0.05, 0) is 85.3 Å². The molecule has 3 aliphatic rings. The van der Waals surface area contributed by atoms with Gasteiger partial charge in [-0.1, -0.05) is 83.3 Å². The zero-order valence-electron chi connectivity index (χ0n) is 19.8. The van der Waals surface area contributed by atoms with E-state index in [0.29, 0.717) is 0 Å². The molecule has 3 saturated carbocycles. The number of methoxy groups -OCH3 is 1. The van der Waals surface area contributed by atoms with Crippen LogP contribution in [0.5, 0.6) is 5.75 Å². The minimum atomic E-state index is 0.789. The highest BCUT2D eigenvalue weighted by Crippen LogP contribution is 2.49. The van der Waals surface area contributed by atoms with Crippen LogP contribution in [0.15, 0.2) is 24.3 Å². The van der Waals surface area contributed by atoms with E-state index in [0.717, 1.165) is 41.3 Å². The third-order valence-corrected chi connectivity index (χ3v) is 9.22. The molecule has 0 N–H and O–H groups in total. The van der Waals surface area contributed by atoms with Crippen LogP contribution in [0.3, 0.4) is 0 Å². The molecule has 0 aliphatic heterocycles. The highest BCUT2D eigenvalue weighted by molar-refractivity contribution is 5.29. The Morgan fingerprint density at radius 1 is 0.700 bits per heavy atom. The highest BCUT2D eigenvalue weighted by Gasteiger charge is 2.36. The Bertz CT molecular complexity index is 612. The quantitative estimate of drug-likeness (QED) is 0.416. The first-order valence-electron chi connectivity index (χ1n) is 13.4. The topological polar surface area (TPSA) is 9.23 Å². The maximum atomic E-state index is 5.34. The lowest BCUT2D eigenvalue weighted by molar-refractivity contribution is 0.108. The van der Waals surface area contributed by atoms with Gasteiger partial charge in [-0.25, -0.2) is 0 Å². The fourth-order valence-electron chi connectivity index (χ4n) is 7.20. The molecule has 0 bridgehead atoms. The van der Waals surface area contributed by atoms with Gasteiger partial charge in [0.25, 0.3) is 0 Å². The lowest BCUT2D eigenvalue weighted by atomic mass is 9.63. The van der Waals surface area contributed by atoms with Gasteiger partial charge in [0.15, 0.2) is 0 Å². The van der Waals surface area contributed by atoms with E-state index >= 15 is 0 Å². The van der Waals surface area contributed by atoms with Crippen molar-refractivity contribution in [3.63, 3.8) is 0 Å². The molecule has 4 unspecified atom stereocenters. The molecule has 0 saturated heterocycles. The van der Waals surface area contributed by atoms with Gasteiger partial charge >= 0.3 is 0 Å². The molecule has 0 aromatic heterocycles. The molecule has 1 nitrogen and oxygen atoms in total. The molecule has 0 radical (unpaired) electrons. The second-order valence-electron chi connectivity index (χ2n) is 11.1. The van der Waals surface area contributed by atoms with E-state index in [1.54, 1.807) is 19.1 Å². The van der Waals surface area contributed by atoms with Crippen molar-refractivity contribution in [2.45, 2.75) is 109 Å². The average Bonchev–Trinajstić information content (AvgIpc) is 2.81. The molecule has 4 atom stereocenters. The molecule has 0 amide bonds. The lowest BCUT2D eigenvalue weighted by Crippen LogP contribution is -2.30. The predicted molar refractivity (Wildman–Crippen MR) is 128 cm³/mol. The summed E-state index contributed by atoms with van der Waals surface area (Å²) in [4.78, 5) is 0. The fourth-order valence-corrected chi connectivity index (χ4v) is 7.20. The number of hydrogen-bond acceptors (Lipinski definition) is 1. The molecular weight excluding hydrogens is 364 g/mol. The number of fused-ring (bicyclic) bond motifs is 1. The molecule has 30 heavy (non-hydrogen) atoms. The van der Waals surface area contributed by atoms with Crippen LogP contribution >= 0.6 is 0 Å². The van der Waals surface area contributed by atoms with Gasteiger partial charge in [-0.2, -0.15) is 0 Å². The molecule has 4 rings (SSSR count). The van der Waals surface area contributed by atoms with Crippen molar-refractivity contribution < 1.29 is 4.74 Å². The van der Waals surface area contributed by atoms with E-state index < -0.39 is 0 Å². The van der Waals surface area contributed by atoms with Gasteiger partial charge in [0, 0.05) is 0 Å². The predicted octanol–water partition coefficient (Wildman–Crippen LogP) is 8.77. The van der Waals surface area contributed by atoms with E-state index in [2.05, 4.69) is 31.2 Å². The Morgan fingerprint density at radius 3 is 2.00 bits per heavy atom. The second-order valence-corrected chi connectivity index (χ2v) is 11.1.